The Kier molecular flexibility index (Phi) is 4.68. The highest BCUT2D eigenvalue weighted by Crippen LogP contribution is 2.25. The summed E-state index contributed by atoms with van der Waals surface area (Å²) >= 11 is 1.56. The van der Waals surface area contributed by atoms with Crippen molar-refractivity contribution in [1.82, 2.24) is 10.3 Å². The topological polar surface area (TPSA) is 51.2 Å². The van der Waals surface area contributed by atoms with Crippen molar-refractivity contribution in [2.45, 2.75) is 6.54 Å². The molecule has 0 atom stereocenters. The van der Waals surface area contributed by atoms with Gasteiger partial charge in [0.25, 0.3) is 5.91 Å². The average Bonchev–Trinajstić information content (AvgIpc) is 3.09. The molecule has 0 bridgehead atoms. The number of aromatic nitrogens is 1. The lowest BCUT2D eigenvalue weighted by Crippen LogP contribution is -2.22. The molecule has 0 radical (unpaired) electrons. The van der Waals surface area contributed by atoms with Gasteiger partial charge < -0.3 is 10.1 Å². The molecular formula is C18H16N2O2S. The third-order valence-corrected chi connectivity index (χ3v) is 4.29. The van der Waals surface area contributed by atoms with Crippen LogP contribution in [0.5, 0.6) is 5.75 Å². The number of carbonyl (C=O) groups excluding carboxylic acids is 1. The van der Waals surface area contributed by atoms with Gasteiger partial charge in [0, 0.05) is 16.5 Å². The molecule has 0 unspecified atom stereocenters. The fraction of sp³-hybridized carbons (Fsp3) is 0.111. The fourth-order valence-corrected chi connectivity index (χ4v) is 2.94. The van der Waals surface area contributed by atoms with Gasteiger partial charge >= 0.3 is 0 Å². The van der Waals surface area contributed by atoms with Crippen molar-refractivity contribution < 1.29 is 9.53 Å². The van der Waals surface area contributed by atoms with Crippen LogP contribution >= 0.6 is 11.3 Å². The standard InChI is InChI=1S/C18H16N2O2S/c1-22-16-9-7-14(8-10-16)18-20-15(12-23-18)11-19-17(21)13-5-3-2-4-6-13/h2-10,12H,11H2,1H3,(H,19,21). The van der Waals surface area contributed by atoms with E-state index in [4.69, 9.17) is 4.74 Å². The number of rotatable bonds is 5. The van der Waals surface area contributed by atoms with E-state index in [-0.39, 0.29) is 5.91 Å². The molecule has 0 aliphatic heterocycles. The highest BCUT2D eigenvalue weighted by atomic mass is 32.1. The van der Waals surface area contributed by atoms with Gasteiger partial charge in [-0.25, -0.2) is 4.98 Å². The van der Waals surface area contributed by atoms with Crippen LogP contribution in [0.3, 0.4) is 0 Å². The van der Waals surface area contributed by atoms with E-state index in [1.807, 2.05) is 47.8 Å². The van der Waals surface area contributed by atoms with Gasteiger partial charge in [-0.3, -0.25) is 4.79 Å². The molecule has 0 fully saturated rings. The van der Waals surface area contributed by atoms with Gasteiger partial charge in [-0.1, -0.05) is 18.2 Å². The van der Waals surface area contributed by atoms with Crippen LogP contribution in [0.2, 0.25) is 0 Å². The van der Waals surface area contributed by atoms with Gasteiger partial charge in [-0.05, 0) is 36.4 Å². The van der Waals surface area contributed by atoms with Crippen LogP contribution < -0.4 is 10.1 Å². The molecule has 0 saturated carbocycles. The normalized spacial score (nSPS) is 10.3. The number of benzene rings is 2. The van der Waals surface area contributed by atoms with E-state index in [0.717, 1.165) is 22.0 Å². The van der Waals surface area contributed by atoms with Crippen LogP contribution in [0.15, 0.2) is 60.0 Å². The van der Waals surface area contributed by atoms with Gasteiger partial charge in [-0.2, -0.15) is 0 Å². The highest BCUT2D eigenvalue weighted by molar-refractivity contribution is 7.13. The Morgan fingerprint density at radius 3 is 2.57 bits per heavy atom. The molecular weight excluding hydrogens is 308 g/mol. The molecule has 0 spiro atoms. The van der Waals surface area contributed by atoms with Crippen LogP contribution in [0.1, 0.15) is 16.1 Å². The molecule has 5 heteroatoms. The maximum atomic E-state index is 12.0. The second kappa shape index (κ2) is 7.07. The summed E-state index contributed by atoms with van der Waals surface area (Å²) in [7, 11) is 1.64. The average molecular weight is 324 g/mol. The fourth-order valence-electron chi connectivity index (χ4n) is 2.12. The third-order valence-electron chi connectivity index (χ3n) is 3.35. The Hall–Kier alpha value is -2.66. The van der Waals surface area contributed by atoms with E-state index < -0.39 is 0 Å². The van der Waals surface area contributed by atoms with Crippen molar-refractivity contribution in [3.8, 4) is 16.3 Å². The maximum Gasteiger partial charge on any atom is 0.251 e. The smallest absolute Gasteiger partial charge is 0.251 e. The predicted molar refractivity (Wildman–Crippen MR) is 91.7 cm³/mol. The van der Waals surface area contributed by atoms with Gasteiger partial charge in [0.2, 0.25) is 0 Å². The Labute approximate surface area is 138 Å². The molecule has 3 rings (SSSR count). The number of amides is 1. The molecule has 1 N–H and O–H groups in total. The summed E-state index contributed by atoms with van der Waals surface area (Å²) in [5, 5.41) is 5.77. The summed E-state index contributed by atoms with van der Waals surface area (Å²) in [4.78, 5) is 16.6. The van der Waals surface area contributed by atoms with Crippen LogP contribution in [-0.4, -0.2) is 18.0 Å². The van der Waals surface area contributed by atoms with E-state index in [2.05, 4.69) is 10.3 Å². The van der Waals surface area contributed by atoms with Crippen molar-refractivity contribution in [2.75, 3.05) is 7.11 Å². The Bertz CT molecular complexity index is 782. The van der Waals surface area contributed by atoms with Gasteiger partial charge in [0.15, 0.2) is 0 Å². The lowest BCUT2D eigenvalue weighted by molar-refractivity contribution is 0.0950. The Morgan fingerprint density at radius 2 is 1.87 bits per heavy atom. The van der Waals surface area contributed by atoms with Gasteiger partial charge in [0.1, 0.15) is 10.8 Å². The number of ether oxygens (including phenoxy) is 1. The van der Waals surface area contributed by atoms with Crippen LogP contribution in [0.4, 0.5) is 0 Å². The maximum absolute atomic E-state index is 12.0. The molecule has 116 valence electrons. The molecule has 4 nitrogen and oxygen atoms in total. The second-order valence-corrected chi connectivity index (χ2v) is 5.78. The molecule has 23 heavy (non-hydrogen) atoms. The predicted octanol–water partition coefficient (Wildman–Crippen LogP) is 3.75. The number of hydrogen-bond acceptors (Lipinski definition) is 4. The minimum Gasteiger partial charge on any atom is -0.497 e. The minimum atomic E-state index is -0.0930. The zero-order chi connectivity index (χ0) is 16.1. The Morgan fingerprint density at radius 1 is 1.13 bits per heavy atom. The first-order valence-electron chi connectivity index (χ1n) is 7.18. The van der Waals surface area contributed by atoms with Crippen molar-refractivity contribution in [3.63, 3.8) is 0 Å². The summed E-state index contributed by atoms with van der Waals surface area (Å²) in [6, 6.07) is 16.9. The summed E-state index contributed by atoms with van der Waals surface area (Å²) in [5.41, 5.74) is 2.54. The molecule has 2 aromatic carbocycles. The minimum absolute atomic E-state index is 0.0930. The number of thiazole rings is 1. The molecule has 0 aliphatic carbocycles. The van der Waals surface area contributed by atoms with E-state index in [0.29, 0.717) is 12.1 Å². The zero-order valence-corrected chi connectivity index (χ0v) is 13.5. The molecule has 0 aliphatic rings. The zero-order valence-electron chi connectivity index (χ0n) is 12.7. The van der Waals surface area contributed by atoms with Crippen LogP contribution in [0.25, 0.3) is 10.6 Å². The number of carbonyl (C=O) groups is 1. The van der Waals surface area contributed by atoms with Crippen molar-refractivity contribution >= 4 is 17.2 Å². The van der Waals surface area contributed by atoms with Crippen LogP contribution in [0, 0.1) is 0 Å². The molecule has 3 aromatic rings. The summed E-state index contributed by atoms with van der Waals surface area (Å²) in [6.07, 6.45) is 0. The summed E-state index contributed by atoms with van der Waals surface area (Å²) in [6.45, 7) is 0.417. The van der Waals surface area contributed by atoms with Crippen molar-refractivity contribution in [1.29, 1.82) is 0 Å². The first-order chi connectivity index (χ1) is 11.3. The number of methoxy groups -OCH3 is 1. The third kappa shape index (κ3) is 3.76. The largest absolute Gasteiger partial charge is 0.497 e. The molecule has 1 amide bonds. The van der Waals surface area contributed by atoms with E-state index in [9.17, 15) is 4.79 Å². The Balaban J connectivity index is 1.64. The van der Waals surface area contributed by atoms with Crippen molar-refractivity contribution in [2.24, 2.45) is 0 Å². The first kappa shape index (κ1) is 15.2. The quantitative estimate of drug-likeness (QED) is 0.777. The summed E-state index contributed by atoms with van der Waals surface area (Å²) < 4.78 is 5.15. The molecule has 1 aromatic heterocycles. The van der Waals surface area contributed by atoms with Gasteiger partial charge in [-0.15, -0.1) is 11.3 Å². The van der Waals surface area contributed by atoms with E-state index in [1.165, 1.54) is 0 Å². The van der Waals surface area contributed by atoms with Crippen molar-refractivity contribution in [3.05, 3.63) is 71.2 Å². The lowest BCUT2D eigenvalue weighted by Gasteiger charge is -2.03. The first-order valence-corrected chi connectivity index (χ1v) is 8.06. The second-order valence-electron chi connectivity index (χ2n) is 4.92. The number of nitrogens with one attached hydrogen (secondary N) is 1. The molecule has 1 heterocycles. The molecule has 0 saturated heterocycles. The van der Waals surface area contributed by atoms with E-state index in [1.54, 1.807) is 30.6 Å². The highest BCUT2D eigenvalue weighted by Gasteiger charge is 2.08. The lowest BCUT2D eigenvalue weighted by atomic mass is 10.2. The number of nitrogens with zero attached hydrogens (tertiary/aromatic N) is 1. The van der Waals surface area contributed by atoms with Crippen LogP contribution in [-0.2, 0) is 6.54 Å². The SMILES string of the molecule is COc1ccc(-c2nc(CNC(=O)c3ccccc3)cs2)cc1. The summed E-state index contributed by atoms with van der Waals surface area (Å²) in [5.74, 6) is 0.727. The monoisotopic (exact) mass is 324 g/mol. The number of hydrogen-bond donors (Lipinski definition) is 1. The van der Waals surface area contributed by atoms with Gasteiger partial charge in [0.05, 0.1) is 19.3 Å². The van der Waals surface area contributed by atoms with E-state index >= 15 is 0 Å².